The number of carbonyl (C=O) groups excluding carboxylic acids is 2. The van der Waals surface area contributed by atoms with Crippen molar-refractivity contribution in [3.63, 3.8) is 0 Å². The average molecular weight is 470 g/mol. The molecule has 3 N–H and O–H groups in total. The van der Waals surface area contributed by atoms with Crippen LogP contribution in [0.25, 0.3) is 11.1 Å². The quantitative estimate of drug-likeness (QED) is 0.618. The van der Waals surface area contributed by atoms with E-state index in [0.717, 1.165) is 28.8 Å². The smallest absolute Gasteiger partial charge is 0.248 e. The standard InChI is InChI=1S/C26H32FN3O4/c1-16-10-21(16)26(32)29-20-5-3-4-17(12-20)18-6-7-23(19(11-18)13-28)34-24-8-9-30(14-22(24)27)25(31)15-33-2/h3-7,11-12,16,21-22,24H,8-10,13-15,28H2,1-2H3,(H,29,32)/t16?,21?,22-,24+/m1/s1. The number of hydrogen-bond donors (Lipinski definition) is 2. The first-order valence-electron chi connectivity index (χ1n) is 11.7. The van der Waals surface area contributed by atoms with Crippen LogP contribution < -0.4 is 15.8 Å². The number of halogens is 1. The van der Waals surface area contributed by atoms with Gasteiger partial charge in [-0.2, -0.15) is 0 Å². The van der Waals surface area contributed by atoms with Crippen molar-refractivity contribution in [3.8, 4) is 16.9 Å². The maximum absolute atomic E-state index is 14.8. The van der Waals surface area contributed by atoms with Crippen molar-refractivity contribution in [2.75, 3.05) is 32.1 Å². The van der Waals surface area contributed by atoms with Crippen LogP contribution in [0.1, 0.15) is 25.3 Å². The van der Waals surface area contributed by atoms with Gasteiger partial charge in [0, 0.05) is 43.8 Å². The molecule has 1 saturated carbocycles. The molecule has 8 heteroatoms. The van der Waals surface area contributed by atoms with Gasteiger partial charge in [0.1, 0.15) is 18.5 Å². The molecule has 1 heterocycles. The Morgan fingerprint density at radius 1 is 1.21 bits per heavy atom. The number of hydrogen-bond acceptors (Lipinski definition) is 5. The van der Waals surface area contributed by atoms with Crippen molar-refractivity contribution >= 4 is 17.5 Å². The third-order valence-corrected chi connectivity index (χ3v) is 6.57. The summed E-state index contributed by atoms with van der Waals surface area (Å²) in [7, 11) is 1.44. The molecule has 2 unspecified atom stereocenters. The van der Waals surface area contributed by atoms with E-state index < -0.39 is 12.3 Å². The zero-order valence-corrected chi connectivity index (χ0v) is 19.6. The summed E-state index contributed by atoms with van der Waals surface area (Å²) in [5, 5.41) is 3.00. The molecule has 0 spiro atoms. The number of anilines is 1. The highest BCUT2D eigenvalue weighted by molar-refractivity contribution is 5.95. The van der Waals surface area contributed by atoms with Crippen LogP contribution in [0.5, 0.6) is 5.75 Å². The number of nitrogens with one attached hydrogen (secondary N) is 1. The number of methoxy groups -OCH3 is 1. The van der Waals surface area contributed by atoms with Gasteiger partial charge in [-0.3, -0.25) is 9.59 Å². The van der Waals surface area contributed by atoms with Crippen LogP contribution in [0.2, 0.25) is 0 Å². The maximum atomic E-state index is 14.8. The van der Waals surface area contributed by atoms with Crippen LogP contribution in [0.15, 0.2) is 42.5 Å². The van der Waals surface area contributed by atoms with Gasteiger partial charge < -0.3 is 25.4 Å². The minimum atomic E-state index is -1.30. The van der Waals surface area contributed by atoms with E-state index in [0.29, 0.717) is 24.6 Å². The highest BCUT2D eigenvalue weighted by atomic mass is 19.1. The second-order valence-corrected chi connectivity index (χ2v) is 9.15. The molecule has 0 radical (unpaired) electrons. The van der Waals surface area contributed by atoms with E-state index in [1.807, 2.05) is 42.5 Å². The number of likely N-dealkylation sites (tertiary alicyclic amines) is 1. The second kappa shape index (κ2) is 10.5. The lowest BCUT2D eigenvalue weighted by Gasteiger charge is -2.35. The summed E-state index contributed by atoms with van der Waals surface area (Å²) in [6.07, 6.45) is -0.612. The van der Waals surface area contributed by atoms with Crippen molar-refractivity contribution in [1.29, 1.82) is 0 Å². The van der Waals surface area contributed by atoms with E-state index in [4.69, 9.17) is 15.2 Å². The minimum absolute atomic E-state index is 0.0128. The van der Waals surface area contributed by atoms with E-state index in [1.54, 1.807) is 0 Å². The Balaban J connectivity index is 1.44. The van der Waals surface area contributed by atoms with E-state index >= 15 is 0 Å². The number of carbonyl (C=O) groups is 2. The molecule has 0 bridgehead atoms. The predicted molar refractivity (Wildman–Crippen MR) is 128 cm³/mol. The van der Waals surface area contributed by atoms with Gasteiger partial charge in [0.15, 0.2) is 6.17 Å². The number of piperidine rings is 1. The Hall–Kier alpha value is -2.97. The van der Waals surface area contributed by atoms with Crippen molar-refractivity contribution in [2.24, 2.45) is 17.6 Å². The number of rotatable bonds is 8. The van der Waals surface area contributed by atoms with Gasteiger partial charge in [-0.15, -0.1) is 0 Å². The van der Waals surface area contributed by atoms with Crippen LogP contribution in [0.4, 0.5) is 10.1 Å². The molecule has 34 heavy (non-hydrogen) atoms. The molecule has 2 aliphatic rings. The third-order valence-electron chi connectivity index (χ3n) is 6.57. The van der Waals surface area contributed by atoms with E-state index in [2.05, 4.69) is 12.2 Å². The van der Waals surface area contributed by atoms with Gasteiger partial charge >= 0.3 is 0 Å². The van der Waals surface area contributed by atoms with Crippen molar-refractivity contribution in [3.05, 3.63) is 48.0 Å². The highest BCUT2D eigenvalue weighted by Crippen LogP contribution is 2.38. The number of alkyl halides is 1. The lowest BCUT2D eigenvalue weighted by Crippen LogP contribution is -2.50. The summed E-state index contributed by atoms with van der Waals surface area (Å²) in [5.41, 5.74) is 9.38. The van der Waals surface area contributed by atoms with Crippen LogP contribution in [-0.4, -0.2) is 55.8 Å². The van der Waals surface area contributed by atoms with Crippen LogP contribution >= 0.6 is 0 Å². The number of ether oxygens (including phenoxy) is 2. The monoisotopic (exact) mass is 469 g/mol. The Morgan fingerprint density at radius 2 is 1.97 bits per heavy atom. The van der Waals surface area contributed by atoms with Gasteiger partial charge in [0.25, 0.3) is 0 Å². The van der Waals surface area contributed by atoms with Gasteiger partial charge in [0.05, 0.1) is 6.54 Å². The first-order chi connectivity index (χ1) is 16.4. The van der Waals surface area contributed by atoms with Crippen LogP contribution in [-0.2, 0) is 20.9 Å². The van der Waals surface area contributed by atoms with E-state index in [1.165, 1.54) is 12.0 Å². The molecule has 2 aromatic carbocycles. The molecular formula is C26H32FN3O4. The fraction of sp³-hybridized carbons (Fsp3) is 0.462. The van der Waals surface area contributed by atoms with Gasteiger partial charge in [-0.05, 0) is 47.7 Å². The van der Waals surface area contributed by atoms with Crippen LogP contribution in [0, 0.1) is 11.8 Å². The third kappa shape index (κ3) is 5.56. The van der Waals surface area contributed by atoms with Crippen molar-refractivity contribution in [2.45, 2.75) is 38.6 Å². The fourth-order valence-electron chi connectivity index (χ4n) is 4.35. The summed E-state index contributed by atoms with van der Waals surface area (Å²) < 4.78 is 25.6. The summed E-state index contributed by atoms with van der Waals surface area (Å²) in [4.78, 5) is 25.7. The molecule has 1 aliphatic carbocycles. The zero-order valence-electron chi connectivity index (χ0n) is 19.6. The molecule has 1 aliphatic heterocycles. The lowest BCUT2D eigenvalue weighted by atomic mass is 10.0. The second-order valence-electron chi connectivity index (χ2n) is 9.15. The van der Waals surface area contributed by atoms with Gasteiger partial charge in [0.2, 0.25) is 11.8 Å². The summed E-state index contributed by atoms with van der Waals surface area (Å²) in [6, 6.07) is 13.3. The van der Waals surface area contributed by atoms with E-state index in [9.17, 15) is 14.0 Å². The minimum Gasteiger partial charge on any atom is -0.487 e. The molecule has 0 aromatic heterocycles. The molecule has 4 rings (SSSR count). The van der Waals surface area contributed by atoms with Crippen molar-refractivity contribution in [1.82, 2.24) is 4.90 Å². The molecule has 1 saturated heterocycles. The Bertz CT molecular complexity index is 1050. The predicted octanol–water partition coefficient (Wildman–Crippen LogP) is 3.37. The zero-order chi connectivity index (χ0) is 24.2. The number of benzene rings is 2. The SMILES string of the molecule is COCC(=O)N1CC[C@H](Oc2ccc(-c3cccc(NC(=O)C4CC4C)c3)cc2CN)[C@H](F)C1. The van der Waals surface area contributed by atoms with Gasteiger partial charge in [-0.1, -0.05) is 25.1 Å². The molecule has 7 nitrogen and oxygen atoms in total. The number of nitrogens with zero attached hydrogens (tertiary/aromatic N) is 1. The molecule has 2 aromatic rings. The molecule has 2 amide bonds. The first kappa shape index (κ1) is 24.2. The van der Waals surface area contributed by atoms with Crippen molar-refractivity contribution < 1.29 is 23.5 Å². The normalized spacial score (nSPS) is 23.9. The van der Waals surface area contributed by atoms with Crippen LogP contribution in [0.3, 0.4) is 0 Å². The summed E-state index contributed by atoms with van der Waals surface area (Å²) in [5.74, 6) is 0.938. The van der Waals surface area contributed by atoms with Gasteiger partial charge in [-0.25, -0.2) is 4.39 Å². The molecule has 4 atom stereocenters. The maximum Gasteiger partial charge on any atom is 0.248 e. The largest absolute Gasteiger partial charge is 0.487 e. The summed E-state index contributed by atoms with van der Waals surface area (Å²) >= 11 is 0. The topological polar surface area (TPSA) is 93.9 Å². The fourth-order valence-corrected chi connectivity index (χ4v) is 4.35. The highest BCUT2D eigenvalue weighted by Gasteiger charge is 2.39. The first-order valence-corrected chi connectivity index (χ1v) is 11.7. The average Bonchev–Trinajstić information content (AvgIpc) is 3.57. The Labute approximate surface area is 199 Å². The van der Waals surface area contributed by atoms with E-state index in [-0.39, 0.29) is 37.4 Å². The molecule has 2 fully saturated rings. The number of amides is 2. The number of nitrogens with two attached hydrogens (primary N) is 1. The lowest BCUT2D eigenvalue weighted by molar-refractivity contribution is -0.139. The Morgan fingerprint density at radius 3 is 2.65 bits per heavy atom. The molecular weight excluding hydrogens is 437 g/mol. The Kier molecular flexibility index (Phi) is 7.48. The molecule has 182 valence electrons. The summed E-state index contributed by atoms with van der Waals surface area (Å²) in [6.45, 7) is 2.67.